The van der Waals surface area contributed by atoms with Gasteiger partial charge in [-0.2, -0.15) is 17.5 Å². The van der Waals surface area contributed by atoms with Crippen LogP contribution < -0.4 is 5.32 Å². The first kappa shape index (κ1) is 10.4. The number of nitrogens with zero attached hydrogens (tertiary/aromatic N) is 2. The van der Waals surface area contributed by atoms with E-state index in [0.717, 1.165) is 0 Å². The van der Waals surface area contributed by atoms with E-state index in [1.54, 1.807) is 0 Å². The third-order valence-corrected chi connectivity index (χ3v) is 2.04. The van der Waals surface area contributed by atoms with Gasteiger partial charge in [0.1, 0.15) is 0 Å². The minimum absolute atomic E-state index is 0.194. The van der Waals surface area contributed by atoms with Crippen LogP contribution in [0, 0.1) is 0 Å². The summed E-state index contributed by atoms with van der Waals surface area (Å²) in [5, 5.41) is 1.96. The highest BCUT2D eigenvalue weighted by atomic mass is 32.1. The summed E-state index contributed by atoms with van der Waals surface area (Å²) in [4.78, 5) is 3.34. The minimum atomic E-state index is -4.37. The van der Waals surface area contributed by atoms with Crippen LogP contribution >= 0.6 is 11.5 Å². The predicted molar refractivity (Wildman–Crippen MR) is 42.3 cm³/mol. The number of alkyl halides is 3. The third-order valence-electron chi connectivity index (χ3n) is 1.24. The zero-order valence-corrected chi connectivity index (χ0v) is 7.67. The lowest BCUT2D eigenvalue weighted by Crippen LogP contribution is -2.13. The normalized spacial score (nSPS) is 12.0. The number of hydrogen-bond donors (Lipinski definition) is 1. The van der Waals surface area contributed by atoms with E-state index < -0.39 is 11.2 Å². The Morgan fingerprint density at radius 2 is 2.15 bits per heavy atom. The molecule has 0 aromatic carbocycles. The monoisotopic (exact) mass is 211 g/mol. The molecular formula is C6H8F3N3S. The van der Waals surface area contributed by atoms with Gasteiger partial charge in [0.15, 0.2) is 5.82 Å². The lowest BCUT2D eigenvalue weighted by atomic mass is 10.5. The molecule has 0 spiro atoms. The molecule has 0 fully saturated rings. The Balaban J connectivity index is 2.64. The summed E-state index contributed by atoms with van der Waals surface area (Å²) in [6.45, 7) is 2.82. The first-order chi connectivity index (χ1) is 6.04. The van der Waals surface area contributed by atoms with Gasteiger partial charge in [0.2, 0.25) is 5.01 Å². The van der Waals surface area contributed by atoms with Gasteiger partial charge in [0.25, 0.3) is 0 Å². The van der Waals surface area contributed by atoms with Crippen LogP contribution in [0.5, 0.6) is 0 Å². The van der Waals surface area contributed by atoms with E-state index in [4.69, 9.17) is 0 Å². The van der Waals surface area contributed by atoms with Gasteiger partial charge in [-0.25, -0.2) is 4.98 Å². The maximum absolute atomic E-state index is 12.0. The Hall–Kier alpha value is -0.690. The third kappa shape index (κ3) is 2.92. The fourth-order valence-electron chi connectivity index (χ4n) is 0.678. The van der Waals surface area contributed by atoms with Gasteiger partial charge in [0, 0.05) is 0 Å². The average Bonchev–Trinajstić information content (AvgIpc) is 2.47. The van der Waals surface area contributed by atoms with Gasteiger partial charge < -0.3 is 5.32 Å². The van der Waals surface area contributed by atoms with Gasteiger partial charge in [-0.1, -0.05) is 6.92 Å². The fraction of sp³-hybridized carbons (Fsp3) is 0.667. The molecule has 7 heteroatoms. The summed E-state index contributed by atoms with van der Waals surface area (Å²) >= 11 is 0.381. The Kier molecular flexibility index (Phi) is 3.21. The molecule has 3 nitrogen and oxygen atoms in total. The molecule has 1 N–H and O–H groups in total. The summed E-state index contributed by atoms with van der Waals surface area (Å²) < 4.78 is 39.6. The van der Waals surface area contributed by atoms with Crippen molar-refractivity contribution in [2.75, 3.05) is 6.54 Å². The number of aromatic nitrogens is 2. The van der Waals surface area contributed by atoms with Crippen molar-refractivity contribution in [1.82, 2.24) is 14.7 Å². The van der Waals surface area contributed by atoms with Crippen molar-refractivity contribution in [3.05, 3.63) is 10.8 Å². The summed E-state index contributed by atoms with van der Waals surface area (Å²) in [5.74, 6) is 0.194. The van der Waals surface area contributed by atoms with Crippen LogP contribution in [0.2, 0.25) is 0 Å². The second-order valence-corrected chi connectivity index (χ2v) is 3.05. The second kappa shape index (κ2) is 4.01. The van der Waals surface area contributed by atoms with Gasteiger partial charge >= 0.3 is 6.18 Å². The van der Waals surface area contributed by atoms with Crippen molar-refractivity contribution in [2.24, 2.45) is 0 Å². The van der Waals surface area contributed by atoms with Crippen LogP contribution in [-0.4, -0.2) is 15.9 Å². The van der Waals surface area contributed by atoms with Crippen molar-refractivity contribution < 1.29 is 13.2 Å². The van der Waals surface area contributed by atoms with Crippen LogP contribution in [0.3, 0.4) is 0 Å². The van der Waals surface area contributed by atoms with Gasteiger partial charge in [-0.3, -0.25) is 0 Å². The molecule has 0 aliphatic carbocycles. The highest BCUT2D eigenvalue weighted by Crippen LogP contribution is 2.30. The van der Waals surface area contributed by atoms with Crippen molar-refractivity contribution in [3.63, 3.8) is 0 Å². The molecule has 0 aliphatic rings. The van der Waals surface area contributed by atoms with Crippen LogP contribution in [0.25, 0.3) is 0 Å². The largest absolute Gasteiger partial charge is 0.444 e. The molecule has 0 atom stereocenters. The molecule has 0 amide bonds. The molecule has 74 valence electrons. The first-order valence-electron chi connectivity index (χ1n) is 3.64. The zero-order valence-electron chi connectivity index (χ0n) is 6.85. The highest BCUT2D eigenvalue weighted by Gasteiger charge is 2.35. The zero-order chi connectivity index (χ0) is 9.90. The van der Waals surface area contributed by atoms with Gasteiger partial charge in [-0.05, 0) is 18.1 Å². The van der Waals surface area contributed by atoms with Crippen molar-refractivity contribution in [3.8, 4) is 0 Å². The van der Waals surface area contributed by atoms with Crippen LogP contribution in [0.1, 0.15) is 17.8 Å². The molecule has 1 rings (SSSR count). The summed E-state index contributed by atoms with van der Waals surface area (Å²) in [7, 11) is 0. The Morgan fingerprint density at radius 3 is 2.62 bits per heavy atom. The number of nitrogens with one attached hydrogen (secondary N) is 1. The Morgan fingerprint density at radius 1 is 1.46 bits per heavy atom. The topological polar surface area (TPSA) is 37.8 Å². The van der Waals surface area contributed by atoms with Crippen molar-refractivity contribution in [2.45, 2.75) is 19.6 Å². The van der Waals surface area contributed by atoms with Gasteiger partial charge in [0.05, 0.1) is 6.54 Å². The number of hydrogen-bond acceptors (Lipinski definition) is 4. The first-order valence-corrected chi connectivity index (χ1v) is 4.42. The summed E-state index contributed by atoms with van der Waals surface area (Å²) in [5.41, 5.74) is 0. The molecule has 0 radical (unpaired) electrons. The maximum Gasteiger partial charge on any atom is 0.444 e. The van der Waals surface area contributed by atoms with E-state index in [1.807, 2.05) is 6.92 Å². The molecule has 0 aliphatic heterocycles. The average molecular weight is 211 g/mol. The lowest BCUT2D eigenvalue weighted by molar-refractivity contribution is -0.137. The summed E-state index contributed by atoms with van der Waals surface area (Å²) in [6, 6.07) is 0. The molecule has 0 saturated heterocycles. The molecule has 1 heterocycles. The molecular weight excluding hydrogens is 203 g/mol. The number of halogens is 3. The van der Waals surface area contributed by atoms with Crippen LogP contribution in [0.4, 0.5) is 13.2 Å². The fourth-order valence-corrected chi connectivity index (χ4v) is 1.22. The van der Waals surface area contributed by atoms with E-state index in [-0.39, 0.29) is 12.4 Å². The van der Waals surface area contributed by atoms with E-state index in [1.165, 1.54) is 0 Å². The number of rotatable bonds is 3. The Labute approximate surface area is 77.2 Å². The molecule has 0 saturated carbocycles. The van der Waals surface area contributed by atoms with E-state index in [0.29, 0.717) is 18.1 Å². The smallest absolute Gasteiger partial charge is 0.310 e. The molecule has 1 aromatic rings. The van der Waals surface area contributed by atoms with Crippen LogP contribution in [-0.2, 0) is 12.7 Å². The quantitative estimate of drug-likeness (QED) is 0.826. The van der Waals surface area contributed by atoms with E-state index in [9.17, 15) is 13.2 Å². The molecule has 0 unspecified atom stereocenters. The molecule has 0 bridgehead atoms. The van der Waals surface area contributed by atoms with Gasteiger partial charge in [-0.15, -0.1) is 0 Å². The summed E-state index contributed by atoms with van der Waals surface area (Å²) in [6.07, 6.45) is -4.37. The predicted octanol–water partition coefficient (Wildman–Crippen LogP) is 1.67. The van der Waals surface area contributed by atoms with Crippen LogP contribution in [0.15, 0.2) is 0 Å². The highest BCUT2D eigenvalue weighted by molar-refractivity contribution is 7.05. The second-order valence-electron chi connectivity index (χ2n) is 2.29. The SMILES string of the molecule is CCNCc1nsc(C(F)(F)F)n1. The van der Waals surface area contributed by atoms with E-state index >= 15 is 0 Å². The standard InChI is InChI=1S/C6H8F3N3S/c1-2-10-3-4-11-5(13-12-4)6(7,8)9/h10H,2-3H2,1H3. The lowest BCUT2D eigenvalue weighted by Gasteiger charge is -1.98. The molecule has 1 aromatic heterocycles. The molecule has 13 heavy (non-hydrogen) atoms. The van der Waals surface area contributed by atoms with Crippen molar-refractivity contribution >= 4 is 11.5 Å². The maximum atomic E-state index is 12.0. The Bertz CT molecular complexity index is 270. The van der Waals surface area contributed by atoms with E-state index in [2.05, 4.69) is 14.7 Å². The van der Waals surface area contributed by atoms with Crippen molar-refractivity contribution in [1.29, 1.82) is 0 Å². The minimum Gasteiger partial charge on any atom is -0.310 e.